The topological polar surface area (TPSA) is 123 Å². The maximum Gasteiger partial charge on any atom is 0.338 e. The molecule has 0 N–H and O–H groups in total. The molecule has 0 bridgehead atoms. The molecule has 0 fully saturated rings. The van der Waals surface area contributed by atoms with Crippen LogP contribution >= 0.6 is 0 Å². The molecule has 0 aliphatic carbocycles. The summed E-state index contributed by atoms with van der Waals surface area (Å²) in [5, 5.41) is 10.8. The van der Waals surface area contributed by atoms with E-state index in [1.807, 2.05) is 42.5 Å². The van der Waals surface area contributed by atoms with Gasteiger partial charge in [-0.05, 0) is 47.2 Å². The number of ether oxygens (including phenoxy) is 7. The zero-order chi connectivity index (χ0) is 29.0. The molecule has 0 saturated carbocycles. The van der Waals surface area contributed by atoms with Gasteiger partial charge in [-0.15, -0.1) is 0 Å². The van der Waals surface area contributed by atoms with Gasteiger partial charge >= 0.3 is 11.9 Å². The summed E-state index contributed by atoms with van der Waals surface area (Å²) < 4.78 is 37.5. The molecule has 0 amide bonds. The largest absolute Gasteiger partial charge is 0.460 e. The van der Waals surface area contributed by atoms with Crippen LogP contribution in [0.3, 0.4) is 0 Å². The molecule has 3 rings (SSSR count). The number of nitrogens with zero attached hydrogens (tertiary/aromatic N) is 1. The first kappa shape index (κ1) is 31.7. The molecule has 218 valence electrons. The quantitative estimate of drug-likeness (QED) is 0.148. The van der Waals surface area contributed by atoms with Gasteiger partial charge in [-0.1, -0.05) is 30.3 Å². The molecule has 0 heterocycles. The normalized spacial score (nSPS) is 10.8. The lowest BCUT2D eigenvalue weighted by Crippen LogP contribution is -2.15. The molecule has 3 aromatic rings. The molecular weight excluding hydrogens is 530 g/mol. The standard InChI is InChI=1S/C31H35NO9/c32-24-25-5-7-27(8-6-25)30(33)40-21-19-38-17-15-36-13-11-35-12-14-37-16-18-39-20-22-41-31(34)29-10-9-26-3-1-2-4-28(26)23-29/h1-10,23H,11-22H2. The highest BCUT2D eigenvalue weighted by molar-refractivity contribution is 5.95. The van der Waals surface area contributed by atoms with E-state index in [1.165, 1.54) is 0 Å². The number of carbonyl (C=O) groups is 2. The van der Waals surface area contributed by atoms with Crippen molar-refractivity contribution in [3.05, 3.63) is 83.4 Å². The maximum atomic E-state index is 12.2. The van der Waals surface area contributed by atoms with E-state index in [-0.39, 0.29) is 25.8 Å². The molecule has 0 unspecified atom stereocenters. The zero-order valence-corrected chi connectivity index (χ0v) is 23.0. The highest BCUT2D eigenvalue weighted by Gasteiger charge is 2.08. The van der Waals surface area contributed by atoms with Crippen molar-refractivity contribution in [2.45, 2.75) is 0 Å². The Kier molecular flexibility index (Phi) is 14.9. The van der Waals surface area contributed by atoms with Crippen LogP contribution < -0.4 is 0 Å². The summed E-state index contributed by atoms with van der Waals surface area (Å²) >= 11 is 0. The van der Waals surface area contributed by atoms with Crippen molar-refractivity contribution in [3.8, 4) is 6.07 Å². The van der Waals surface area contributed by atoms with Crippen molar-refractivity contribution in [1.29, 1.82) is 5.26 Å². The number of esters is 2. The van der Waals surface area contributed by atoms with E-state index in [9.17, 15) is 9.59 Å². The fraction of sp³-hybridized carbons (Fsp3) is 0.387. The van der Waals surface area contributed by atoms with E-state index in [2.05, 4.69) is 0 Å². The van der Waals surface area contributed by atoms with E-state index in [1.54, 1.807) is 30.3 Å². The van der Waals surface area contributed by atoms with Gasteiger partial charge in [-0.25, -0.2) is 9.59 Å². The Labute approximate surface area is 239 Å². The van der Waals surface area contributed by atoms with Gasteiger partial charge < -0.3 is 33.2 Å². The number of rotatable bonds is 20. The van der Waals surface area contributed by atoms with Gasteiger partial charge in [0.15, 0.2) is 0 Å². The molecule has 0 aliphatic rings. The van der Waals surface area contributed by atoms with Crippen LogP contribution in [-0.4, -0.2) is 91.2 Å². The number of carbonyl (C=O) groups excluding carboxylic acids is 2. The number of benzene rings is 3. The number of nitriles is 1. The summed E-state index contributed by atoms with van der Waals surface area (Å²) in [7, 11) is 0. The lowest BCUT2D eigenvalue weighted by atomic mass is 10.1. The average Bonchev–Trinajstić information content (AvgIpc) is 3.01. The summed E-state index contributed by atoms with van der Waals surface area (Å²) in [6.45, 7) is 4.19. The van der Waals surface area contributed by atoms with Crippen molar-refractivity contribution in [3.63, 3.8) is 0 Å². The van der Waals surface area contributed by atoms with Gasteiger partial charge in [0.25, 0.3) is 0 Å². The Morgan fingerprint density at radius 3 is 1.41 bits per heavy atom. The molecule has 0 atom stereocenters. The Balaban J connectivity index is 1.04. The lowest BCUT2D eigenvalue weighted by Gasteiger charge is -2.09. The lowest BCUT2D eigenvalue weighted by molar-refractivity contribution is -0.0180. The minimum absolute atomic E-state index is 0.131. The summed E-state index contributed by atoms with van der Waals surface area (Å²) in [6, 6.07) is 21.6. The van der Waals surface area contributed by atoms with Crippen molar-refractivity contribution < 1.29 is 42.7 Å². The molecule has 10 nitrogen and oxygen atoms in total. The van der Waals surface area contributed by atoms with E-state index in [0.29, 0.717) is 76.2 Å². The molecule has 0 saturated heterocycles. The van der Waals surface area contributed by atoms with Crippen LogP contribution in [0.2, 0.25) is 0 Å². The van der Waals surface area contributed by atoms with Gasteiger partial charge in [0.05, 0.1) is 88.8 Å². The first-order valence-corrected chi connectivity index (χ1v) is 13.4. The monoisotopic (exact) mass is 565 g/mol. The molecule has 41 heavy (non-hydrogen) atoms. The molecule has 0 aromatic heterocycles. The van der Waals surface area contributed by atoms with E-state index >= 15 is 0 Å². The maximum absolute atomic E-state index is 12.2. The number of fused-ring (bicyclic) bond motifs is 1. The third-order valence-electron chi connectivity index (χ3n) is 5.64. The van der Waals surface area contributed by atoms with E-state index in [4.69, 9.17) is 38.4 Å². The van der Waals surface area contributed by atoms with Gasteiger partial charge in [-0.2, -0.15) is 5.26 Å². The Hall–Kier alpha value is -3.85. The molecule has 0 radical (unpaired) electrons. The van der Waals surface area contributed by atoms with Gasteiger partial charge in [-0.3, -0.25) is 0 Å². The third-order valence-corrected chi connectivity index (χ3v) is 5.64. The van der Waals surface area contributed by atoms with Crippen LogP contribution in [0.4, 0.5) is 0 Å². The summed E-state index contributed by atoms with van der Waals surface area (Å²) in [5.41, 5.74) is 1.39. The molecular formula is C31H35NO9. The smallest absolute Gasteiger partial charge is 0.338 e. The van der Waals surface area contributed by atoms with Crippen LogP contribution in [0.25, 0.3) is 10.8 Å². The minimum atomic E-state index is -0.459. The average molecular weight is 566 g/mol. The van der Waals surface area contributed by atoms with Crippen LogP contribution in [-0.2, 0) is 33.2 Å². The first-order chi connectivity index (χ1) is 20.2. The molecule has 0 spiro atoms. The fourth-order valence-electron chi connectivity index (χ4n) is 3.53. The number of hydrogen-bond donors (Lipinski definition) is 0. The molecule has 3 aromatic carbocycles. The van der Waals surface area contributed by atoms with Crippen LogP contribution in [0.1, 0.15) is 26.3 Å². The van der Waals surface area contributed by atoms with Crippen LogP contribution in [0.15, 0.2) is 66.7 Å². The molecule has 10 heteroatoms. The second kappa shape index (κ2) is 19.3. The third kappa shape index (κ3) is 12.5. The van der Waals surface area contributed by atoms with Gasteiger partial charge in [0, 0.05) is 0 Å². The van der Waals surface area contributed by atoms with Crippen molar-refractivity contribution in [1.82, 2.24) is 0 Å². The van der Waals surface area contributed by atoms with Crippen LogP contribution in [0, 0.1) is 11.3 Å². The second-order valence-electron chi connectivity index (χ2n) is 8.58. The first-order valence-electron chi connectivity index (χ1n) is 13.4. The predicted molar refractivity (Wildman–Crippen MR) is 150 cm³/mol. The number of hydrogen-bond acceptors (Lipinski definition) is 10. The molecule has 0 aliphatic heterocycles. The Morgan fingerprint density at radius 1 is 0.512 bits per heavy atom. The summed E-state index contributed by atoms with van der Waals surface area (Å²) in [6.07, 6.45) is 0. The Morgan fingerprint density at radius 2 is 0.927 bits per heavy atom. The highest BCUT2D eigenvalue weighted by atomic mass is 16.6. The predicted octanol–water partition coefficient (Wildman–Crippen LogP) is 3.81. The zero-order valence-electron chi connectivity index (χ0n) is 23.0. The minimum Gasteiger partial charge on any atom is -0.460 e. The van der Waals surface area contributed by atoms with Crippen molar-refractivity contribution >= 4 is 22.7 Å². The highest BCUT2D eigenvalue weighted by Crippen LogP contribution is 2.16. The van der Waals surface area contributed by atoms with Gasteiger partial charge in [0.2, 0.25) is 0 Å². The van der Waals surface area contributed by atoms with Crippen molar-refractivity contribution in [2.24, 2.45) is 0 Å². The SMILES string of the molecule is N#Cc1ccc(C(=O)OCCOCCOCCOCCOCCOCCOC(=O)c2ccc3ccccc3c2)cc1. The summed E-state index contributed by atoms with van der Waals surface area (Å²) in [4.78, 5) is 24.1. The van der Waals surface area contributed by atoms with Crippen LogP contribution in [0.5, 0.6) is 0 Å². The fourth-order valence-corrected chi connectivity index (χ4v) is 3.53. The Bertz CT molecular complexity index is 1240. The van der Waals surface area contributed by atoms with Crippen molar-refractivity contribution in [2.75, 3.05) is 79.3 Å². The summed E-state index contributed by atoms with van der Waals surface area (Å²) in [5.74, 6) is -0.831. The van der Waals surface area contributed by atoms with E-state index in [0.717, 1.165) is 10.8 Å². The van der Waals surface area contributed by atoms with E-state index < -0.39 is 5.97 Å². The van der Waals surface area contributed by atoms with Gasteiger partial charge in [0.1, 0.15) is 13.2 Å². The second-order valence-corrected chi connectivity index (χ2v) is 8.58.